The van der Waals surface area contributed by atoms with E-state index in [1.807, 2.05) is 49.4 Å². The highest BCUT2D eigenvalue weighted by Crippen LogP contribution is 2.47. The molecule has 2 aromatic rings. The molecule has 5 nitrogen and oxygen atoms in total. The van der Waals surface area contributed by atoms with Gasteiger partial charge in [0.1, 0.15) is 5.75 Å². The van der Waals surface area contributed by atoms with Crippen LogP contribution in [0.2, 0.25) is 0 Å². The molecular weight excluding hydrogens is 354 g/mol. The molecule has 1 amide bonds. The average molecular weight is 381 g/mol. The molecule has 5 heteroatoms. The van der Waals surface area contributed by atoms with Crippen molar-refractivity contribution in [3.05, 3.63) is 59.2 Å². The Kier molecular flexibility index (Phi) is 5.38. The highest BCUT2D eigenvalue weighted by Gasteiger charge is 2.56. The molecule has 2 aromatic carbocycles. The van der Waals surface area contributed by atoms with Crippen LogP contribution < -0.4 is 9.64 Å². The fourth-order valence-electron chi connectivity index (χ4n) is 4.00. The lowest BCUT2D eigenvalue weighted by atomic mass is 10.0. The van der Waals surface area contributed by atoms with Crippen molar-refractivity contribution in [2.45, 2.75) is 45.4 Å². The fraction of sp³-hybridized carbons (Fsp3) is 0.435. The van der Waals surface area contributed by atoms with E-state index in [-0.39, 0.29) is 5.91 Å². The number of para-hydroxylation sites is 2. The summed E-state index contributed by atoms with van der Waals surface area (Å²) in [5, 5.41) is 0. The summed E-state index contributed by atoms with van der Waals surface area (Å²) in [7, 11) is 0. The van der Waals surface area contributed by atoms with Crippen molar-refractivity contribution in [1.82, 2.24) is 0 Å². The second-order valence-corrected chi connectivity index (χ2v) is 7.34. The van der Waals surface area contributed by atoms with Crippen molar-refractivity contribution in [1.29, 1.82) is 0 Å². The Morgan fingerprint density at radius 2 is 1.86 bits per heavy atom. The fourth-order valence-corrected chi connectivity index (χ4v) is 4.00. The van der Waals surface area contributed by atoms with Gasteiger partial charge in [-0.1, -0.05) is 56.2 Å². The molecule has 0 unspecified atom stereocenters. The molecule has 2 heterocycles. The van der Waals surface area contributed by atoms with Crippen LogP contribution in [0.4, 0.5) is 5.69 Å². The number of amides is 1. The molecule has 0 radical (unpaired) electrons. The Morgan fingerprint density at radius 1 is 1.07 bits per heavy atom. The number of aryl methyl sites for hydroxylation is 1. The van der Waals surface area contributed by atoms with Gasteiger partial charge in [-0.05, 0) is 25.0 Å². The van der Waals surface area contributed by atoms with Gasteiger partial charge in [0.05, 0.1) is 32.1 Å². The number of carbonyl (C=O) groups is 1. The summed E-state index contributed by atoms with van der Waals surface area (Å²) in [6.07, 6.45) is 3.34. The highest BCUT2D eigenvalue weighted by atomic mass is 16.7. The van der Waals surface area contributed by atoms with Crippen LogP contribution in [-0.4, -0.2) is 25.7 Å². The first-order valence-electron chi connectivity index (χ1n) is 10.1. The van der Waals surface area contributed by atoms with E-state index in [1.165, 1.54) is 0 Å². The van der Waals surface area contributed by atoms with Crippen molar-refractivity contribution in [2.24, 2.45) is 0 Å². The quantitative estimate of drug-likeness (QED) is 0.671. The van der Waals surface area contributed by atoms with Crippen molar-refractivity contribution in [3.8, 4) is 5.75 Å². The van der Waals surface area contributed by atoms with E-state index in [2.05, 4.69) is 6.92 Å². The van der Waals surface area contributed by atoms with Crippen molar-refractivity contribution in [3.63, 3.8) is 0 Å². The van der Waals surface area contributed by atoms with Crippen LogP contribution in [0, 0.1) is 6.92 Å². The van der Waals surface area contributed by atoms with Crippen LogP contribution in [0.5, 0.6) is 5.75 Å². The van der Waals surface area contributed by atoms with E-state index in [1.54, 1.807) is 4.90 Å². The highest BCUT2D eigenvalue weighted by molar-refractivity contribution is 6.07. The first kappa shape index (κ1) is 19.0. The molecule has 28 heavy (non-hydrogen) atoms. The lowest BCUT2D eigenvalue weighted by molar-refractivity contribution is -0.180. The van der Waals surface area contributed by atoms with Crippen molar-refractivity contribution >= 4 is 11.6 Å². The van der Waals surface area contributed by atoms with Gasteiger partial charge in [-0.2, -0.15) is 0 Å². The van der Waals surface area contributed by atoms with Crippen LogP contribution in [0.3, 0.4) is 0 Å². The van der Waals surface area contributed by atoms with E-state index in [0.717, 1.165) is 47.4 Å². The minimum atomic E-state index is -1.29. The van der Waals surface area contributed by atoms with Gasteiger partial charge in [0, 0.05) is 11.1 Å². The molecular formula is C23H27NO4. The molecule has 2 aliphatic rings. The Balaban J connectivity index is 1.64. The summed E-state index contributed by atoms with van der Waals surface area (Å²) in [5.41, 5.74) is 3.70. The number of nitrogens with zero attached hydrogens (tertiary/aromatic N) is 1. The number of ether oxygens (including phenoxy) is 3. The molecule has 1 saturated heterocycles. The molecule has 0 bridgehead atoms. The molecule has 4 rings (SSSR count). The molecule has 0 atom stereocenters. The predicted molar refractivity (Wildman–Crippen MR) is 107 cm³/mol. The Bertz CT molecular complexity index is 857. The smallest absolute Gasteiger partial charge is 0.292 e. The second kappa shape index (κ2) is 7.94. The third-order valence-corrected chi connectivity index (χ3v) is 5.39. The van der Waals surface area contributed by atoms with Gasteiger partial charge in [0.15, 0.2) is 0 Å². The van der Waals surface area contributed by atoms with Gasteiger partial charge in [-0.25, -0.2) is 0 Å². The Morgan fingerprint density at radius 3 is 2.64 bits per heavy atom. The maximum atomic E-state index is 13.4. The Labute approximate surface area is 166 Å². The lowest BCUT2D eigenvalue weighted by Gasteiger charge is -2.23. The van der Waals surface area contributed by atoms with E-state index in [9.17, 15) is 4.79 Å². The first-order chi connectivity index (χ1) is 13.7. The first-order valence-corrected chi connectivity index (χ1v) is 10.1. The van der Waals surface area contributed by atoms with Crippen molar-refractivity contribution < 1.29 is 19.0 Å². The SMILES string of the molecule is CCCCCOc1ccccc1CN1C(=O)C2(OCCO2)c2cccc(C)c21. The number of rotatable bonds is 7. The van der Waals surface area contributed by atoms with E-state index in [0.29, 0.717) is 26.4 Å². The molecule has 0 N–H and O–H groups in total. The van der Waals surface area contributed by atoms with Crippen LogP contribution in [-0.2, 0) is 26.6 Å². The number of fused-ring (bicyclic) bond motifs is 2. The van der Waals surface area contributed by atoms with Gasteiger partial charge in [0.2, 0.25) is 0 Å². The monoisotopic (exact) mass is 381 g/mol. The molecule has 0 aromatic heterocycles. The average Bonchev–Trinajstić information content (AvgIpc) is 3.28. The summed E-state index contributed by atoms with van der Waals surface area (Å²) in [5.74, 6) is -0.621. The zero-order valence-electron chi connectivity index (χ0n) is 16.6. The Hall–Kier alpha value is -2.37. The minimum absolute atomic E-state index is 0.157. The van der Waals surface area contributed by atoms with Crippen LogP contribution in [0.15, 0.2) is 42.5 Å². The zero-order valence-corrected chi connectivity index (χ0v) is 16.6. The number of carbonyl (C=O) groups excluding carboxylic acids is 1. The molecule has 0 aliphatic carbocycles. The van der Waals surface area contributed by atoms with Gasteiger partial charge in [0.25, 0.3) is 11.7 Å². The molecule has 148 valence electrons. The maximum absolute atomic E-state index is 13.4. The normalized spacial score (nSPS) is 17.4. The van der Waals surface area contributed by atoms with Gasteiger partial charge in [-0.3, -0.25) is 4.79 Å². The number of hydrogen-bond acceptors (Lipinski definition) is 4. The molecule has 1 spiro atoms. The number of anilines is 1. The molecule has 1 fully saturated rings. The number of benzene rings is 2. The molecule has 2 aliphatic heterocycles. The second-order valence-electron chi connectivity index (χ2n) is 7.34. The summed E-state index contributed by atoms with van der Waals surface area (Å²) in [4.78, 5) is 15.2. The van der Waals surface area contributed by atoms with Crippen LogP contribution in [0.25, 0.3) is 0 Å². The van der Waals surface area contributed by atoms with E-state index < -0.39 is 5.79 Å². The topological polar surface area (TPSA) is 48.0 Å². The van der Waals surface area contributed by atoms with Gasteiger partial charge in [-0.15, -0.1) is 0 Å². The molecule has 0 saturated carbocycles. The summed E-state index contributed by atoms with van der Waals surface area (Å²) < 4.78 is 17.7. The van der Waals surface area contributed by atoms with Gasteiger partial charge < -0.3 is 19.1 Å². The lowest BCUT2D eigenvalue weighted by Crippen LogP contribution is -2.41. The van der Waals surface area contributed by atoms with E-state index in [4.69, 9.17) is 14.2 Å². The summed E-state index contributed by atoms with van der Waals surface area (Å²) in [6, 6.07) is 13.8. The van der Waals surface area contributed by atoms with Crippen LogP contribution in [0.1, 0.15) is 42.9 Å². The standard InChI is InChI=1S/C23H27NO4/c1-3-4-7-13-26-20-12-6-5-10-18(20)16-24-21-17(2)9-8-11-19(21)23(22(24)25)27-14-15-28-23/h5-6,8-12H,3-4,7,13-16H2,1-2H3. The summed E-state index contributed by atoms with van der Waals surface area (Å²) >= 11 is 0. The minimum Gasteiger partial charge on any atom is -0.493 e. The number of hydrogen-bond donors (Lipinski definition) is 0. The third-order valence-electron chi connectivity index (χ3n) is 5.39. The van der Waals surface area contributed by atoms with E-state index >= 15 is 0 Å². The van der Waals surface area contributed by atoms with Gasteiger partial charge >= 0.3 is 0 Å². The third kappa shape index (κ3) is 3.19. The maximum Gasteiger partial charge on any atom is 0.292 e. The van der Waals surface area contributed by atoms with Crippen molar-refractivity contribution in [2.75, 3.05) is 24.7 Å². The largest absolute Gasteiger partial charge is 0.493 e. The number of unbranched alkanes of at least 4 members (excludes halogenated alkanes) is 2. The predicted octanol–water partition coefficient (Wildman–Crippen LogP) is 4.31. The summed E-state index contributed by atoms with van der Waals surface area (Å²) in [6.45, 7) is 6.14. The van der Waals surface area contributed by atoms with Crippen LogP contribution >= 0.6 is 0 Å². The zero-order chi connectivity index (χ0) is 19.6.